The molecule has 1 saturated heterocycles. The van der Waals surface area contributed by atoms with Crippen molar-refractivity contribution < 1.29 is 23.8 Å². The molecule has 3 N–H and O–H groups in total. The summed E-state index contributed by atoms with van der Waals surface area (Å²) in [7, 11) is 1.66. The number of rotatable bonds is 11. The fraction of sp³-hybridized carbons (Fsp3) is 0.429. The number of hydrogen-bond donors (Lipinski definition) is 3. The average molecular weight is 526 g/mol. The van der Waals surface area contributed by atoms with E-state index in [2.05, 4.69) is 20.6 Å². The smallest absolute Gasteiger partial charge is 0.320 e. The SMILES string of the molecule is CC[C@@H](O)COc1nn(-c2ccccc2)c(NC(=O)N[C@@H]2CN(CCOC)C[C@H]2c2ccc(F)cc2)c1C. The third kappa shape index (κ3) is 6.69. The van der Waals surface area contributed by atoms with E-state index in [1.807, 2.05) is 44.2 Å². The maximum Gasteiger partial charge on any atom is 0.320 e. The second-order valence-corrected chi connectivity index (χ2v) is 9.51. The van der Waals surface area contributed by atoms with Gasteiger partial charge in [0, 0.05) is 32.7 Å². The molecule has 1 aromatic heterocycles. The number of hydrogen-bond acceptors (Lipinski definition) is 6. The van der Waals surface area contributed by atoms with Crippen LogP contribution >= 0.6 is 0 Å². The number of para-hydroxylation sites is 1. The van der Waals surface area contributed by atoms with Gasteiger partial charge in [0.15, 0.2) is 0 Å². The molecule has 1 fully saturated rings. The number of ether oxygens (including phenoxy) is 2. The molecule has 4 rings (SSSR count). The van der Waals surface area contributed by atoms with Gasteiger partial charge in [-0.1, -0.05) is 37.3 Å². The molecule has 2 heterocycles. The minimum Gasteiger partial charge on any atom is -0.474 e. The summed E-state index contributed by atoms with van der Waals surface area (Å²) in [6.45, 7) is 6.47. The first kappa shape index (κ1) is 27.6. The summed E-state index contributed by atoms with van der Waals surface area (Å²) < 4.78 is 26.2. The second kappa shape index (κ2) is 12.9. The van der Waals surface area contributed by atoms with E-state index >= 15 is 0 Å². The minimum absolute atomic E-state index is 0.00670. The van der Waals surface area contributed by atoms with Crippen molar-refractivity contribution in [2.75, 3.05) is 45.3 Å². The first-order chi connectivity index (χ1) is 18.4. The van der Waals surface area contributed by atoms with Crippen molar-refractivity contribution in [1.82, 2.24) is 20.0 Å². The summed E-state index contributed by atoms with van der Waals surface area (Å²) in [6.07, 6.45) is -0.0490. The van der Waals surface area contributed by atoms with Crippen molar-refractivity contribution in [2.45, 2.75) is 38.3 Å². The van der Waals surface area contributed by atoms with Gasteiger partial charge >= 0.3 is 6.03 Å². The minimum atomic E-state index is -0.609. The lowest BCUT2D eigenvalue weighted by Crippen LogP contribution is -2.42. The molecule has 0 bridgehead atoms. The van der Waals surface area contributed by atoms with E-state index in [1.54, 1.807) is 23.9 Å². The number of likely N-dealkylation sites (tertiary alicyclic amines) is 1. The highest BCUT2D eigenvalue weighted by molar-refractivity contribution is 5.90. The van der Waals surface area contributed by atoms with Gasteiger partial charge in [-0.25, -0.2) is 13.9 Å². The van der Waals surface area contributed by atoms with Crippen LogP contribution in [0.15, 0.2) is 54.6 Å². The summed E-state index contributed by atoms with van der Waals surface area (Å²) in [4.78, 5) is 15.6. The number of carbonyl (C=O) groups excluding carboxylic acids is 1. The van der Waals surface area contributed by atoms with Crippen molar-refractivity contribution >= 4 is 11.8 Å². The Hall–Kier alpha value is -3.47. The highest BCUT2D eigenvalue weighted by Crippen LogP contribution is 2.30. The molecule has 204 valence electrons. The van der Waals surface area contributed by atoms with Crippen molar-refractivity contribution in [3.8, 4) is 11.6 Å². The highest BCUT2D eigenvalue weighted by Gasteiger charge is 2.35. The number of nitrogens with one attached hydrogen (secondary N) is 2. The molecule has 3 aromatic rings. The van der Waals surface area contributed by atoms with Crippen LogP contribution in [0, 0.1) is 12.7 Å². The Balaban J connectivity index is 1.54. The summed E-state index contributed by atoms with van der Waals surface area (Å²) >= 11 is 0. The van der Waals surface area contributed by atoms with E-state index in [0.717, 1.165) is 24.3 Å². The van der Waals surface area contributed by atoms with Gasteiger partial charge in [0.25, 0.3) is 0 Å². The molecule has 3 atom stereocenters. The number of anilines is 1. The highest BCUT2D eigenvalue weighted by atomic mass is 19.1. The number of benzene rings is 2. The molecular weight excluding hydrogens is 489 g/mol. The van der Waals surface area contributed by atoms with Gasteiger partial charge in [0.1, 0.15) is 18.2 Å². The lowest BCUT2D eigenvalue weighted by molar-refractivity contribution is 0.101. The second-order valence-electron chi connectivity index (χ2n) is 9.51. The van der Waals surface area contributed by atoms with E-state index in [4.69, 9.17) is 9.47 Å². The largest absolute Gasteiger partial charge is 0.474 e. The number of urea groups is 1. The monoisotopic (exact) mass is 525 g/mol. The van der Waals surface area contributed by atoms with E-state index in [0.29, 0.717) is 36.8 Å². The Labute approximate surface area is 222 Å². The molecule has 9 nitrogen and oxygen atoms in total. The first-order valence-electron chi connectivity index (χ1n) is 12.9. The molecule has 38 heavy (non-hydrogen) atoms. The van der Waals surface area contributed by atoms with Gasteiger partial charge in [-0.05, 0) is 43.2 Å². The first-order valence-corrected chi connectivity index (χ1v) is 12.9. The Bertz CT molecular complexity index is 1190. The third-order valence-corrected chi connectivity index (χ3v) is 6.82. The lowest BCUT2D eigenvalue weighted by atomic mass is 9.94. The van der Waals surface area contributed by atoms with Crippen LogP contribution in [0.1, 0.15) is 30.4 Å². The van der Waals surface area contributed by atoms with E-state index in [-0.39, 0.29) is 30.4 Å². The number of aromatic nitrogens is 2. The number of nitrogens with zero attached hydrogens (tertiary/aromatic N) is 3. The molecule has 10 heteroatoms. The van der Waals surface area contributed by atoms with Gasteiger partial charge in [-0.15, -0.1) is 5.10 Å². The average Bonchev–Trinajstić information content (AvgIpc) is 3.47. The number of methoxy groups -OCH3 is 1. The summed E-state index contributed by atoms with van der Waals surface area (Å²) in [5.74, 6) is 0.516. The van der Waals surface area contributed by atoms with Crippen molar-refractivity contribution in [2.24, 2.45) is 0 Å². The van der Waals surface area contributed by atoms with Gasteiger partial charge in [-0.2, -0.15) is 0 Å². The molecule has 0 unspecified atom stereocenters. The molecule has 2 aromatic carbocycles. The van der Waals surface area contributed by atoms with Crippen LogP contribution < -0.4 is 15.4 Å². The van der Waals surface area contributed by atoms with Crippen LogP contribution in [0.2, 0.25) is 0 Å². The van der Waals surface area contributed by atoms with Gasteiger partial charge in [0.05, 0.1) is 30.0 Å². The van der Waals surface area contributed by atoms with Crippen LogP contribution in [-0.2, 0) is 4.74 Å². The predicted molar refractivity (Wildman–Crippen MR) is 143 cm³/mol. The Morgan fingerprint density at radius 2 is 1.92 bits per heavy atom. The van der Waals surface area contributed by atoms with Gasteiger partial charge < -0.3 is 19.9 Å². The summed E-state index contributed by atoms with van der Waals surface area (Å²) in [5.41, 5.74) is 2.37. The maximum atomic E-state index is 13.6. The van der Waals surface area contributed by atoms with Crippen molar-refractivity contribution in [3.63, 3.8) is 0 Å². The molecule has 0 spiro atoms. The number of aliphatic hydroxyl groups is 1. The Morgan fingerprint density at radius 1 is 1.18 bits per heavy atom. The zero-order chi connectivity index (χ0) is 27.1. The molecule has 0 saturated carbocycles. The number of aliphatic hydroxyl groups excluding tert-OH is 1. The summed E-state index contributed by atoms with van der Waals surface area (Å²) in [6, 6.07) is 15.3. The fourth-order valence-electron chi connectivity index (χ4n) is 4.60. The number of carbonyl (C=O) groups is 1. The Morgan fingerprint density at radius 3 is 2.61 bits per heavy atom. The van der Waals surface area contributed by atoms with Crippen LogP contribution in [-0.4, -0.2) is 77.9 Å². The topological polar surface area (TPSA) is 101 Å². The lowest BCUT2D eigenvalue weighted by Gasteiger charge is -2.21. The van der Waals surface area contributed by atoms with Gasteiger partial charge in [0.2, 0.25) is 5.88 Å². The quantitative estimate of drug-likeness (QED) is 0.353. The van der Waals surface area contributed by atoms with Crippen LogP contribution in [0.4, 0.5) is 15.0 Å². The van der Waals surface area contributed by atoms with Crippen LogP contribution in [0.25, 0.3) is 5.69 Å². The van der Waals surface area contributed by atoms with Crippen LogP contribution in [0.3, 0.4) is 0 Å². The number of halogens is 1. The fourth-order valence-corrected chi connectivity index (χ4v) is 4.60. The number of amides is 2. The molecule has 0 radical (unpaired) electrons. The standard InChI is InChI=1S/C28H36FN5O4/c1-4-23(35)18-38-27-19(2)26(34(32-27)22-8-6-5-7-9-22)31-28(36)30-25-17-33(14-15-37-3)16-24(25)20-10-12-21(29)13-11-20/h5-13,23-25,35H,4,14-18H2,1-3H3,(H2,30,31,36)/t23-,24+,25-/m1/s1. The predicted octanol–water partition coefficient (Wildman–Crippen LogP) is 3.71. The maximum absolute atomic E-state index is 13.6. The zero-order valence-electron chi connectivity index (χ0n) is 22.1. The van der Waals surface area contributed by atoms with E-state index in [9.17, 15) is 14.3 Å². The van der Waals surface area contributed by atoms with Gasteiger partial charge in [-0.3, -0.25) is 10.2 Å². The molecule has 1 aliphatic heterocycles. The Kier molecular flexibility index (Phi) is 9.33. The molecular formula is C28H36FN5O4. The normalized spacial score (nSPS) is 18.3. The molecule has 1 aliphatic rings. The van der Waals surface area contributed by atoms with Crippen molar-refractivity contribution in [1.29, 1.82) is 0 Å². The molecule has 0 aliphatic carbocycles. The van der Waals surface area contributed by atoms with E-state index in [1.165, 1.54) is 12.1 Å². The summed E-state index contributed by atoms with van der Waals surface area (Å²) in [5, 5.41) is 20.6. The third-order valence-electron chi connectivity index (χ3n) is 6.82. The van der Waals surface area contributed by atoms with Crippen molar-refractivity contribution in [3.05, 3.63) is 71.5 Å². The zero-order valence-corrected chi connectivity index (χ0v) is 22.1. The van der Waals surface area contributed by atoms with E-state index < -0.39 is 6.10 Å². The molecule has 2 amide bonds. The van der Waals surface area contributed by atoms with Crippen LogP contribution in [0.5, 0.6) is 5.88 Å².